The van der Waals surface area contributed by atoms with Gasteiger partial charge in [-0.05, 0) is 36.4 Å². The molecule has 0 aliphatic heterocycles. The predicted octanol–water partition coefficient (Wildman–Crippen LogP) is 2.45. The number of nitrogens with one attached hydrogen (secondary N) is 2. The third-order valence-corrected chi connectivity index (χ3v) is 4.26. The van der Waals surface area contributed by atoms with E-state index in [1.807, 2.05) is 12.1 Å². The second kappa shape index (κ2) is 6.44. The molecule has 0 aliphatic rings. The summed E-state index contributed by atoms with van der Waals surface area (Å²) in [5.74, 6) is -0.704. The Kier molecular flexibility index (Phi) is 3.96. The molecule has 2 aromatic carbocycles. The fraction of sp³-hybridized carbons (Fsp3) is 0.105. The van der Waals surface area contributed by atoms with Crippen LogP contribution in [0.15, 0.2) is 59.8 Å². The largest absolute Gasteiger partial charge is 0.361 e. The summed E-state index contributed by atoms with van der Waals surface area (Å²) in [5, 5.41) is 3.86. The summed E-state index contributed by atoms with van der Waals surface area (Å²) in [6.45, 7) is 0.495. The van der Waals surface area contributed by atoms with E-state index in [4.69, 9.17) is 0 Å². The van der Waals surface area contributed by atoms with E-state index < -0.39 is 5.82 Å². The van der Waals surface area contributed by atoms with E-state index in [9.17, 15) is 14.0 Å². The van der Waals surface area contributed by atoms with Gasteiger partial charge < -0.3 is 10.3 Å². The van der Waals surface area contributed by atoms with Crippen molar-refractivity contribution >= 4 is 27.7 Å². The van der Waals surface area contributed by atoms with Gasteiger partial charge in [-0.1, -0.05) is 6.07 Å². The first-order chi connectivity index (χ1) is 12.6. The van der Waals surface area contributed by atoms with Gasteiger partial charge in [0.25, 0.3) is 11.5 Å². The Balaban J connectivity index is 1.50. The van der Waals surface area contributed by atoms with Crippen LogP contribution in [-0.4, -0.2) is 27.0 Å². The van der Waals surface area contributed by atoms with Crippen LogP contribution in [0.4, 0.5) is 4.39 Å². The minimum absolute atomic E-state index is 0.218. The van der Waals surface area contributed by atoms with Gasteiger partial charge in [-0.2, -0.15) is 0 Å². The van der Waals surface area contributed by atoms with Crippen LogP contribution in [0.3, 0.4) is 0 Å². The molecule has 0 fully saturated rings. The first-order valence-corrected chi connectivity index (χ1v) is 8.12. The first-order valence-electron chi connectivity index (χ1n) is 8.12. The van der Waals surface area contributed by atoms with Crippen molar-refractivity contribution in [3.8, 4) is 0 Å². The Morgan fingerprint density at radius 2 is 2.08 bits per heavy atom. The maximum absolute atomic E-state index is 13.4. The second-order valence-corrected chi connectivity index (χ2v) is 5.90. The van der Waals surface area contributed by atoms with E-state index in [2.05, 4.69) is 15.3 Å². The topological polar surface area (TPSA) is 79.8 Å². The number of benzene rings is 2. The van der Waals surface area contributed by atoms with Crippen LogP contribution in [0.5, 0.6) is 0 Å². The van der Waals surface area contributed by atoms with Crippen molar-refractivity contribution in [2.24, 2.45) is 0 Å². The molecule has 0 saturated heterocycles. The van der Waals surface area contributed by atoms with E-state index in [0.717, 1.165) is 10.9 Å². The van der Waals surface area contributed by atoms with Crippen LogP contribution in [0.25, 0.3) is 21.8 Å². The first kappa shape index (κ1) is 16.0. The monoisotopic (exact) mass is 350 g/mol. The van der Waals surface area contributed by atoms with Gasteiger partial charge in [0.05, 0.1) is 17.2 Å². The Morgan fingerprint density at radius 3 is 2.96 bits per heavy atom. The van der Waals surface area contributed by atoms with Gasteiger partial charge >= 0.3 is 0 Å². The van der Waals surface area contributed by atoms with E-state index >= 15 is 0 Å². The zero-order valence-electron chi connectivity index (χ0n) is 13.7. The minimum atomic E-state index is -0.484. The number of nitrogens with zero attached hydrogens (tertiary/aromatic N) is 2. The molecule has 130 valence electrons. The highest BCUT2D eigenvalue weighted by Crippen LogP contribution is 2.17. The van der Waals surface area contributed by atoms with Crippen molar-refractivity contribution in [2.75, 3.05) is 6.54 Å². The highest BCUT2D eigenvalue weighted by atomic mass is 19.1. The summed E-state index contributed by atoms with van der Waals surface area (Å²) in [6, 6.07) is 11.2. The average molecular weight is 350 g/mol. The smallest absolute Gasteiger partial charge is 0.261 e. The molecule has 6 nitrogen and oxygen atoms in total. The molecule has 0 bridgehead atoms. The lowest BCUT2D eigenvalue weighted by Gasteiger charge is -2.09. The molecular weight excluding hydrogens is 335 g/mol. The summed E-state index contributed by atoms with van der Waals surface area (Å²) in [5.41, 5.74) is 1.55. The Morgan fingerprint density at radius 1 is 1.19 bits per heavy atom. The number of aromatic amines is 1. The molecule has 2 N–H and O–H groups in total. The molecule has 0 unspecified atom stereocenters. The quantitative estimate of drug-likeness (QED) is 0.593. The number of aromatic nitrogens is 3. The summed E-state index contributed by atoms with van der Waals surface area (Å²) in [6.07, 6.45) is 3.18. The van der Waals surface area contributed by atoms with Gasteiger partial charge in [0.15, 0.2) is 0 Å². The minimum Gasteiger partial charge on any atom is -0.361 e. The van der Waals surface area contributed by atoms with Crippen molar-refractivity contribution in [3.05, 3.63) is 76.7 Å². The fourth-order valence-corrected chi connectivity index (χ4v) is 2.96. The van der Waals surface area contributed by atoms with Crippen molar-refractivity contribution in [3.63, 3.8) is 0 Å². The zero-order valence-corrected chi connectivity index (χ0v) is 13.7. The molecular formula is C19H15FN4O2. The van der Waals surface area contributed by atoms with Crippen LogP contribution in [0.1, 0.15) is 10.4 Å². The number of carbonyl (C=O) groups is 1. The summed E-state index contributed by atoms with van der Waals surface area (Å²) in [7, 11) is 0. The van der Waals surface area contributed by atoms with Crippen molar-refractivity contribution in [2.45, 2.75) is 6.54 Å². The van der Waals surface area contributed by atoms with Gasteiger partial charge in [-0.15, -0.1) is 0 Å². The highest BCUT2D eigenvalue weighted by molar-refractivity contribution is 6.06. The number of carbonyl (C=O) groups excluding carboxylic acids is 1. The normalized spacial score (nSPS) is 11.1. The maximum Gasteiger partial charge on any atom is 0.261 e. The van der Waals surface area contributed by atoms with Gasteiger partial charge in [0.1, 0.15) is 5.82 Å². The van der Waals surface area contributed by atoms with Crippen LogP contribution in [0.2, 0.25) is 0 Å². The molecule has 0 spiro atoms. The van der Waals surface area contributed by atoms with E-state index in [1.165, 1.54) is 29.1 Å². The summed E-state index contributed by atoms with van der Waals surface area (Å²) >= 11 is 0. The third kappa shape index (κ3) is 2.83. The average Bonchev–Trinajstić information content (AvgIpc) is 3.12. The SMILES string of the molecule is O=C(NCCn1cnc2ccc(F)cc2c1=O)c1cccc2[nH]ccc12. The summed E-state index contributed by atoms with van der Waals surface area (Å²) < 4.78 is 14.7. The van der Waals surface area contributed by atoms with E-state index in [1.54, 1.807) is 18.3 Å². The lowest BCUT2D eigenvalue weighted by molar-refractivity contribution is 0.0954. The van der Waals surface area contributed by atoms with Crippen molar-refractivity contribution in [1.29, 1.82) is 0 Å². The number of fused-ring (bicyclic) bond motifs is 2. The molecule has 7 heteroatoms. The molecule has 26 heavy (non-hydrogen) atoms. The number of halogens is 1. The molecule has 1 amide bonds. The Bertz CT molecular complexity index is 1180. The third-order valence-electron chi connectivity index (χ3n) is 4.26. The van der Waals surface area contributed by atoms with Crippen molar-refractivity contribution in [1.82, 2.24) is 19.9 Å². The van der Waals surface area contributed by atoms with Gasteiger partial charge in [0, 0.05) is 35.8 Å². The maximum atomic E-state index is 13.4. The number of amides is 1. The molecule has 0 saturated carbocycles. The molecule has 0 radical (unpaired) electrons. The Hall–Kier alpha value is -3.48. The van der Waals surface area contributed by atoms with Gasteiger partial charge in [0.2, 0.25) is 0 Å². The lowest BCUT2D eigenvalue weighted by Crippen LogP contribution is -2.31. The molecule has 4 aromatic rings. The molecule has 2 heterocycles. The van der Waals surface area contributed by atoms with E-state index in [0.29, 0.717) is 11.1 Å². The molecule has 0 atom stereocenters. The summed E-state index contributed by atoms with van der Waals surface area (Å²) in [4.78, 5) is 32.0. The van der Waals surface area contributed by atoms with Gasteiger partial charge in [-0.3, -0.25) is 14.2 Å². The second-order valence-electron chi connectivity index (χ2n) is 5.90. The van der Waals surface area contributed by atoms with Crippen LogP contribution < -0.4 is 10.9 Å². The molecule has 0 aliphatic carbocycles. The van der Waals surface area contributed by atoms with Crippen molar-refractivity contribution < 1.29 is 9.18 Å². The predicted molar refractivity (Wildman–Crippen MR) is 96.6 cm³/mol. The number of rotatable bonds is 4. The number of H-pyrrole nitrogens is 1. The van der Waals surface area contributed by atoms with E-state index in [-0.39, 0.29) is 29.9 Å². The number of hydrogen-bond donors (Lipinski definition) is 2. The Labute approximate surface area is 147 Å². The number of hydrogen-bond acceptors (Lipinski definition) is 3. The standard InChI is InChI=1S/C19H15FN4O2/c20-12-4-5-17-15(10-12)19(26)24(11-23-17)9-8-22-18(25)14-2-1-3-16-13(14)6-7-21-16/h1-7,10-11,21H,8-9H2,(H,22,25). The van der Waals surface area contributed by atoms with Gasteiger partial charge in [-0.25, -0.2) is 9.37 Å². The zero-order chi connectivity index (χ0) is 18.1. The fourth-order valence-electron chi connectivity index (χ4n) is 2.96. The molecule has 2 aromatic heterocycles. The molecule has 4 rings (SSSR count). The van der Waals surface area contributed by atoms with Crippen LogP contribution in [0, 0.1) is 5.82 Å². The van der Waals surface area contributed by atoms with Crippen LogP contribution in [-0.2, 0) is 6.54 Å². The van der Waals surface area contributed by atoms with Crippen LogP contribution >= 0.6 is 0 Å². The highest BCUT2D eigenvalue weighted by Gasteiger charge is 2.10. The lowest BCUT2D eigenvalue weighted by atomic mass is 10.1.